The second-order valence-corrected chi connectivity index (χ2v) is 5.71. The fraction of sp³-hybridized carbons (Fsp3) is 0. The van der Waals surface area contributed by atoms with Crippen LogP contribution >= 0.6 is 23.6 Å². The van der Waals surface area contributed by atoms with Crippen LogP contribution in [0.1, 0.15) is 0 Å². The average Bonchev–Trinajstić information content (AvgIpc) is 2.81. The molecule has 1 heterocycles. The summed E-state index contributed by atoms with van der Waals surface area (Å²) in [5.41, 5.74) is 8.11. The summed E-state index contributed by atoms with van der Waals surface area (Å²) in [5.74, 6) is 0.234. The van der Waals surface area contributed by atoms with Crippen molar-refractivity contribution in [3.05, 3.63) is 42.5 Å². The second-order valence-electron chi connectivity index (χ2n) is 4.24. The number of nitrogens with one attached hydrogen (secondary N) is 1. The molecule has 0 saturated heterocycles. The van der Waals surface area contributed by atoms with Gasteiger partial charge in [0, 0.05) is 11.3 Å². The lowest BCUT2D eigenvalue weighted by atomic mass is 10.2. The van der Waals surface area contributed by atoms with Gasteiger partial charge in [0.05, 0.1) is 10.2 Å². The molecule has 0 amide bonds. The lowest BCUT2D eigenvalue weighted by molar-refractivity contribution is 0.475. The van der Waals surface area contributed by atoms with Crippen molar-refractivity contribution in [2.24, 2.45) is 5.73 Å². The Morgan fingerprint density at radius 2 is 2.10 bits per heavy atom. The molecular weight excluding hydrogens is 290 g/mol. The smallest absolute Gasteiger partial charge is 0.168 e. The molecule has 0 aliphatic rings. The van der Waals surface area contributed by atoms with Crippen LogP contribution in [0.15, 0.2) is 42.5 Å². The van der Waals surface area contributed by atoms with E-state index in [0.717, 1.165) is 26.5 Å². The third-order valence-corrected chi connectivity index (χ3v) is 3.92. The van der Waals surface area contributed by atoms with Crippen molar-refractivity contribution >= 4 is 44.6 Å². The number of nitrogens with two attached hydrogens (primary N) is 1. The fourth-order valence-corrected chi connectivity index (χ4v) is 3.03. The predicted molar refractivity (Wildman–Crippen MR) is 87.1 cm³/mol. The van der Waals surface area contributed by atoms with Gasteiger partial charge in [0.15, 0.2) is 5.11 Å². The Bertz CT molecular complexity index is 798. The second kappa shape index (κ2) is 5.07. The number of anilines is 1. The van der Waals surface area contributed by atoms with Gasteiger partial charge < -0.3 is 16.2 Å². The van der Waals surface area contributed by atoms with Crippen molar-refractivity contribution in [3.8, 4) is 16.3 Å². The minimum absolute atomic E-state index is 0.234. The first-order valence-corrected chi connectivity index (χ1v) is 7.11. The lowest BCUT2D eigenvalue weighted by Crippen LogP contribution is -2.18. The summed E-state index contributed by atoms with van der Waals surface area (Å²) in [5, 5.41) is 13.5. The van der Waals surface area contributed by atoms with E-state index in [1.165, 1.54) is 0 Å². The van der Waals surface area contributed by atoms with Gasteiger partial charge in [-0.25, -0.2) is 4.98 Å². The highest BCUT2D eigenvalue weighted by Crippen LogP contribution is 2.32. The molecule has 0 saturated carbocycles. The maximum absolute atomic E-state index is 9.53. The van der Waals surface area contributed by atoms with Gasteiger partial charge in [0.1, 0.15) is 10.8 Å². The molecule has 20 heavy (non-hydrogen) atoms. The standard InChI is InChI=1S/C14H11N3OS2/c15-14(19)16-9-4-5-11-12(7-9)20-13(17-11)8-2-1-3-10(18)6-8/h1-7,18H,(H3,15,16,19). The van der Waals surface area contributed by atoms with E-state index in [2.05, 4.69) is 10.3 Å². The van der Waals surface area contributed by atoms with E-state index in [-0.39, 0.29) is 10.9 Å². The molecule has 0 aliphatic heterocycles. The number of fused-ring (bicyclic) bond motifs is 1. The molecule has 0 fully saturated rings. The molecule has 3 rings (SSSR count). The van der Waals surface area contributed by atoms with E-state index in [4.69, 9.17) is 18.0 Å². The Morgan fingerprint density at radius 1 is 1.25 bits per heavy atom. The number of hydrogen-bond acceptors (Lipinski definition) is 4. The van der Waals surface area contributed by atoms with Gasteiger partial charge >= 0.3 is 0 Å². The lowest BCUT2D eigenvalue weighted by Gasteiger charge is -2.01. The van der Waals surface area contributed by atoms with Gasteiger partial charge in [-0.05, 0) is 42.5 Å². The van der Waals surface area contributed by atoms with Crippen molar-refractivity contribution < 1.29 is 5.11 Å². The van der Waals surface area contributed by atoms with Crippen molar-refractivity contribution in [3.63, 3.8) is 0 Å². The maximum atomic E-state index is 9.53. The molecule has 6 heteroatoms. The third kappa shape index (κ3) is 2.56. The van der Waals surface area contributed by atoms with E-state index >= 15 is 0 Å². The molecule has 0 atom stereocenters. The van der Waals surface area contributed by atoms with E-state index in [1.807, 2.05) is 24.3 Å². The topological polar surface area (TPSA) is 71.2 Å². The monoisotopic (exact) mass is 301 g/mol. The summed E-state index contributed by atoms with van der Waals surface area (Å²) < 4.78 is 1.03. The zero-order valence-electron chi connectivity index (χ0n) is 10.3. The first-order chi connectivity index (χ1) is 9.61. The van der Waals surface area contributed by atoms with Crippen LogP contribution in [0.25, 0.3) is 20.8 Å². The van der Waals surface area contributed by atoms with Gasteiger partial charge in [-0.15, -0.1) is 11.3 Å². The third-order valence-electron chi connectivity index (χ3n) is 2.75. The molecule has 4 nitrogen and oxygen atoms in total. The summed E-state index contributed by atoms with van der Waals surface area (Å²) in [6.45, 7) is 0. The van der Waals surface area contributed by atoms with Crippen molar-refractivity contribution in [1.29, 1.82) is 0 Å². The normalized spacial score (nSPS) is 10.6. The Hall–Kier alpha value is -2.18. The summed E-state index contributed by atoms with van der Waals surface area (Å²) in [6, 6.07) is 12.8. The average molecular weight is 301 g/mol. The fourth-order valence-electron chi connectivity index (χ4n) is 1.91. The van der Waals surface area contributed by atoms with Crippen LogP contribution in [0, 0.1) is 0 Å². The van der Waals surface area contributed by atoms with Crippen molar-refractivity contribution in [2.75, 3.05) is 5.32 Å². The Labute approximate surface area is 124 Å². The van der Waals surface area contributed by atoms with Crippen LogP contribution in [-0.4, -0.2) is 15.2 Å². The summed E-state index contributed by atoms with van der Waals surface area (Å²) >= 11 is 6.38. The zero-order chi connectivity index (χ0) is 14.1. The van der Waals surface area contributed by atoms with E-state index in [0.29, 0.717) is 0 Å². The number of thiocarbonyl (C=S) groups is 1. The number of nitrogens with zero attached hydrogens (tertiary/aromatic N) is 1. The number of phenols is 1. The predicted octanol–water partition coefficient (Wildman–Crippen LogP) is 3.32. The van der Waals surface area contributed by atoms with Crippen LogP contribution in [0.2, 0.25) is 0 Å². The summed E-state index contributed by atoms with van der Waals surface area (Å²) in [7, 11) is 0. The molecular formula is C14H11N3OS2. The highest BCUT2D eigenvalue weighted by atomic mass is 32.1. The van der Waals surface area contributed by atoms with E-state index < -0.39 is 0 Å². The van der Waals surface area contributed by atoms with Gasteiger partial charge in [0.25, 0.3) is 0 Å². The summed E-state index contributed by atoms with van der Waals surface area (Å²) in [4.78, 5) is 4.56. The largest absolute Gasteiger partial charge is 0.508 e. The minimum atomic E-state index is 0.234. The molecule has 0 radical (unpaired) electrons. The molecule has 1 aromatic heterocycles. The Balaban J connectivity index is 2.04. The molecule has 0 unspecified atom stereocenters. The molecule has 0 bridgehead atoms. The number of rotatable bonds is 2. The van der Waals surface area contributed by atoms with Crippen LogP contribution in [0.4, 0.5) is 5.69 Å². The molecule has 0 spiro atoms. The Morgan fingerprint density at radius 3 is 2.85 bits per heavy atom. The minimum Gasteiger partial charge on any atom is -0.508 e. The highest BCUT2D eigenvalue weighted by molar-refractivity contribution is 7.80. The molecule has 2 aromatic carbocycles. The van der Waals surface area contributed by atoms with Crippen molar-refractivity contribution in [2.45, 2.75) is 0 Å². The van der Waals surface area contributed by atoms with E-state index in [1.54, 1.807) is 29.5 Å². The first kappa shape index (κ1) is 12.8. The number of aromatic hydroxyl groups is 1. The molecule has 3 aromatic rings. The zero-order valence-corrected chi connectivity index (χ0v) is 12.0. The quantitative estimate of drug-likeness (QED) is 0.633. The first-order valence-electron chi connectivity index (χ1n) is 5.88. The number of thiazole rings is 1. The van der Waals surface area contributed by atoms with E-state index in [9.17, 15) is 5.11 Å². The molecule has 4 N–H and O–H groups in total. The number of aromatic nitrogens is 1. The van der Waals surface area contributed by atoms with Gasteiger partial charge in [-0.1, -0.05) is 12.1 Å². The van der Waals surface area contributed by atoms with Crippen molar-refractivity contribution in [1.82, 2.24) is 4.98 Å². The highest BCUT2D eigenvalue weighted by Gasteiger charge is 2.07. The van der Waals surface area contributed by atoms with Crippen LogP contribution in [-0.2, 0) is 0 Å². The van der Waals surface area contributed by atoms with Gasteiger partial charge in [-0.2, -0.15) is 0 Å². The number of benzene rings is 2. The van der Waals surface area contributed by atoms with Crippen LogP contribution in [0.3, 0.4) is 0 Å². The maximum Gasteiger partial charge on any atom is 0.168 e. The van der Waals surface area contributed by atoms with Crippen LogP contribution in [0.5, 0.6) is 5.75 Å². The number of hydrogen-bond donors (Lipinski definition) is 3. The van der Waals surface area contributed by atoms with Crippen LogP contribution < -0.4 is 11.1 Å². The van der Waals surface area contributed by atoms with Gasteiger partial charge in [0.2, 0.25) is 0 Å². The summed E-state index contributed by atoms with van der Waals surface area (Å²) in [6.07, 6.45) is 0. The molecule has 0 aliphatic carbocycles. The molecule has 100 valence electrons. The van der Waals surface area contributed by atoms with Gasteiger partial charge in [-0.3, -0.25) is 0 Å². The number of phenolic OH excluding ortho intramolecular Hbond substituents is 1. The Kier molecular flexibility index (Phi) is 3.25. The SMILES string of the molecule is NC(=S)Nc1ccc2nc(-c3cccc(O)c3)sc2c1.